The second-order valence-electron chi connectivity index (χ2n) is 3.23. The molecule has 1 amide bonds. The predicted molar refractivity (Wildman–Crippen MR) is 72.4 cm³/mol. The average Bonchev–Trinajstić information content (AvgIpc) is 2.25. The van der Waals surface area contributed by atoms with E-state index in [0.717, 1.165) is 13.1 Å². The number of rotatable bonds is 5. The Morgan fingerprint density at radius 2 is 2.27 bits per heavy atom. The number of carbonyl (C=O) groups excluding carboxylic acids is 1. The van der Waals surface area contributed by atoms with Crippen LogP contribution in [0.5, 0.6) is 0 Å². The maximum Gasteiger partial charge on any atom is 0.221 e. The Labute approximate surface area is 106 Å². The number of hydrogen-bond donors (Lipinski definition) is 2. The van der Waals surface area contributed by atoms with Gasteiger partial charge >= 0.3 is 0 Å². The molecule has 2 N–H and O–H groups in total. The lowest BCUT2D eigenvalue weighted by Crippen LogP contribution is -2.34. The SMILES string of the molecule is CNCCC(=O)NCC1CSCCS1.Cl. The fourth-order valence-corrected chi connectivity index (χ4v) is 3.82. The van der Waals surface area contributed by atoms with Crippen molar-refractivity contribution in [1.29, 1.82) is 0 Å². The van der Waals surface area contributed by atoms with Crippen LogP contribution in [0.4, 0.5) is 0 Å². The van der Waals surface area contributed by atoms with E-state index in [-0.39, 0.29) is 18.3 Å². The molecule has 1 fully saturated rings. The summed E-state index contributed by atoms with van der Waals surface area (Å²) in [6.45, 7) is 1.60. The summed E-state index contributed by atoms with van der Waals surface area (Å²) in [4.78, 5) is 11.3. The summed E-state index contributed by atoms with van der Waals surface area (Å²) in [5.41, 5.74) is 0. The molecular formula is C9H19ClN2OS2. The Kier molecular flexibility index (Phi) is 9.90. The number of carbonyl (C=O) groups is 1. The second kappa shape index (κ2) is 9.63. The predicted octanol–water partition coefficient (Wildman–Crippen LogP) is 0.983. The highest BCUT2D eigenvalue weighted by atomic mass is 35.5. The van der Waals surface area contributed by atoms with Crippen molar-refractivity contribution >= 4 is 41.8 Å². The van der Waals surface area contributed by atoms with Gasteiger partial charge in [0.1, 0.15) is 0 Å². The molecule has 0 aromatic heterocycles. The Hall–Kier alpha value is 0.420. The first kappa shape index (κ1) is 15.4. The zero-order valence-electron chi connectivity index (χ0n) is 8.95. The molecule has 1 atom stereocenters. The van der Waals surface area contributed by atoms with Crippen LogP contribution in [0.25, 0.3) is 0 Å². The molecule has 0 saturated carbocycles. The summed E-state index contributed by atoms with van der Waals surface area (Å²) in [5, 5.41) is 6.56. The molecule has 1 aliphatic heterocycles. The largest absolute Gasteiger partial charge is 0.355 e. The molecule has 1 saturated heterocycles. The molecule has 0 aromatic rings. The summed E-state index contributed by atoms with van der Waals surface area (Å²) < 4.78 is 0. The summed E-state index contributed by atoms with van der Waals surface area (Å²) in [6.07, 6.45) is 0.584. The highest BCUT2D eigenvalue weighted by Crippen LogP contribution is 2.23. The van der Waals surface area contributed by atoms with Crippen molar-refractivity contribution in [3.8, 4) is 0 Å². The van der Waals surface area contributed by atoms with Crippen molar-refractivity contribution in [1.82, 2.24) is 10.6 Å². The van der Waals surface area contributed by atoms with Crippen LogP contribution in [0.1, 0.15) is 6.42 Å². The van der Waals surface area contributed by atoms with Crippen LogP contribution < -0.4 is 10.6 Å². The van der Waals surface area contributed by atoms with E-state index in [9.17, 15) is 4.79 Å². The van der Waals surface area contributed by atoms with Crippen LogP contribution in [0.15, 0.2) is 0 Å². The van der Waals surface area contributed by atoms with Gasteiger partial charge in [-0.15, -0.1) is 12.4 Å². The topological polar surface area (TPSA) is 41.1 Å². The fraction of sp³-hybridized carbons (Fsp3) is 0.889. The molecule has 1 aliphatic rings. The van der Waals surface area contributed by atoms with Gasteiger partial charge < -0.3 is 10.6 Å². The molecule has 90 valence electrons. The van der Waals surface area contributed by atoms with E-state index in [4.69, 9.17) is 0 Å². The van der Waals surface area contributed by atoms with Gasteiger partial charge in [-0.05, 0) is 7.05 Å². The normalized spacial score (nSPS) is 20.5. The average molecular weight is 271 g/mol. The summed E-state index contributed by atoms with van der Waals surface area (Å²) in [6, 6.07) is 0. The van der Waals surface area contributed by atoms with E-state index in [1.54, 1.807) is 0 Å². The third-order valence-corrected chi connectivity index (χ3v) is 4.86. The van der Waals surface area contributed by atoms with Crippen LogP contribution in [0.2, 0.25) is 0 Å². The maximum absolute atomic E-state index is 11.3. The molecule has 3 nitrogen and oxygen atoms in total. The van der Waals surface area contributed by atoms with Gasteiger partial charge in [-0.25, -0.2) is 0 Å². The van der Waals surface area contributed by atoms with Gasteiger partial charge in [-0.3, -0.25) is 4.79 Å². The molecule has 0 bridgehead atoms. The van der Waals surface area contributed by atoms with Crippen LogP contribution >= 0.6 is 35.9 Å². The number of nitrogens with one attached hydrogen (secondary N) is 2. The van der Waals surface area contributed by atoms with E-state index in [1.165, 1.54) is 17.3 Å². The van der Waals surface area contributed by atoms with Crippen molar-refractivity contribution in [3.63, 3.8) is 0 Å². The zero-order chi connectivity index (χ0) is 10.2. The Morgan fingerprint density at radius 1 is 1.47 bits per heavy atom. The van der Waals surface area contributed by atoms with Gasteiger partial charge in [0.2, 0.25) is 5.91 Å². The molecule has 0 aromatic carbocycles. The van der Waals surface area contributed by atoms with Gasteiger partial charge in [0.05, 0.1) is 0 Å². The van der Waals surface area contributed by atoms with Gasteiger partial charge in [-0.1, -0.05) is 0 Å². The van der Waals surface area contributed by atoms with Crippen LogP contribution in [0, 0.1) is 0 Å². The number of halogens is 1. The minimum atomic E-state index is 0. The van der Waals surface area contributed by atoms with E-state index in [0.29, 0.717) is 11.7 Å². The third kappa shape index (κ3) is 7.33. The smallest absolute Gasteiger partial charge is 0.221 e. The van der Waals surface area contributed by atoms with Crippen LogP contribution in [0.3, 0.4) is 0 Å². The Bertz CT molecular complexity index is 177. The van der Waals surface area contributed by atoms with Crippen LogP contribution in [-0.2, 0) is 4.79 Å². The number of thioether (sulfide) groups is 2. The first-order valence-corrected chi connectivity index (χ1v) is 7.14. The lowest BCUT2D eigenvalue weighted by atomic mass is 10.4. The first-order valence-electron chi connectivity index (χ1n) is 4.93. The van der Waals surface area contributed by atoms with E-state index in [2.05, 4.69) is 10.6 Å². The van der Waals surface area contributed by atoms with Crippen molar-refractivity contribution < 1.29 is 4.79 Å². The van der Waals surface area contributed by atoms with Gasteiger partial charge in [0.15, 0.2) is 0 Å². The quantitative estimate of drug-likeness (QED) is 0.782. The minimum Gasteiger partial charge on any atom is -0.355 e. The first-order chi connectivity index (χ1) is 6.83. The van der Waals surface area contributed by atoms with Crippen LogP contribution in [-0.4, -0.2) is 48.6 Å². The number of hydrogen-bond acceptors (Lipinski definition) is 4. The van der Waals surface area contributed by atoms with Crippen molar-refractivity contribution in [3.05, 3.63) is 0 Å². The van der Waals surface area contributed by atoms with E-state index < -0.39 is 0 Å². The lowest BCUT2D eigenvalue weighted by molar-refractivity contribution is -0.120. The fourth-order valence-electron chi connectivity index (χ4n) is 1.21. The van der Waals surface area contributed by atoms with E-state index >= 15 is 0 Å². The molecule has 1 rings (SSSR count). The van der Waals surface area contributed by atoms with Crippen molar-refractivity contribution in [2.24, 2.45) is 0 Å². The van der Waals surface area contributed by atoms with Gasteiger partial charge in [0.25, 0.3) is 0 Å². The second-order valence-corrected chi connectivity index (χ2v) is 5.78. The molecule has 0 aliphatic carbocycles. The number of amides is 1. The van der Waals surface area contributed by atoms with Crippen molar-refractivity contribution in [2.75, 3.05) is 37.4 Å². The Morgan fingerprint density at radius 3 is 2.87 bits per heavy atom. The molecular weight excluding hydrogens is 252 g/mol. The third-order valence-electron chi connectivity index (χ3n) is 2.01. The molecule has 1 unspecified atom stereocenters. The summed E-state index contributed by atoms with van der Waals surface area (Å²) >= 11 is 3.97. The molecule has 15 heavy (non-hydrogen) atoms. The molecule has 0 spiro atoms. The molecule has 6 heteroatoms. The van der Waals surface area contributed by atoms with Crippen molar-refractivity contribution in [2.45, 2.75) is 11.7 Å². The molecule has 1 heterocycles. The van der Waals surface area contributed by atoms with E-state index in [1.807, 2.05) is 30.6 Å². The Balaban J connectivity index is 0.00000196. The maximum atomic E-state index is 11.3. The van der Waals surface area contributed by atoms with Gasteiger partial charge in [-0.2, -0.15) is 23.5 Å². The highest BCUT2D eigenvalue weighted by molar-refractivity contribution is 8.06. The summed E-state index contributed by atoms with van der Waals surface area (Å²) in [7, 11) is 1.86. The lowest BCUT2D eigenvalue weighted by Gasteiger charge is -2.21. The minimum absolute atomic E-state index is 0. The molecule has 0 radical (unpaired) electrons. The highest BCUT2D eigenvalue weighted by Gasteiger charge is 2.14. The monoisotopic (exact) mass is 270 g/mol. The summed E-state index contributed by atoms with van der Waals surface area (Å²) in [5.74, 6) is 3.82. The zero-order valence-corrected chi connectivity index (χ0v) is 11.4. The van der Waals surface area contributed by atoms with Gasteiger partial charge in [0, 0.05) is 42.0 Å². The standard InChI is InChI=1S/C9H18N2OS2.ClH/c1-10-3-2-9(12)11-6-8-7-13-4-5-14-8;/h8,10H,2-7H2,1H3,(H,11,12);1H.